The summed E-state index contributed by atoms with van der Waals surface area (Å²) >= 11 is 0. The molecule has 0 spiro atoms. The van der Waals surface area contributed by atoms with Crippen LogP contribution in [0.1, 0.15) is 17.5 Å². The van der Waals surface area contributed by atoms with Crippen molar-refractivity contribution in [1.82, 2.24) is 9.97 Å². The lowest BCUT2D eigenvalue weighted by atomic mass is 9.95. The number of H-pyrrole nitrogens is 1. The molecule has 0 atom stereocenters. The highest BCUT2D eigenvalue weighted by molar-refractivity contribution is 6.36. The highest BCUT2D eigenvalue weighted by atomic mass is 19.1. The molecule has 0 aliphatic heterocycles. The number of pyridine rings is 1. The minimum atomic E-state index is -0.392. The van der Waals surface area contributed by atoms with Crippen molar-refractivity contribution < 1.29 is 9.50 Å². The Morgan fingerprint density at radius 2 is 1.88 bits per heavy atom. The van der Waals surface area contributed by atoms with Gasteiger partial charge in [0, 0.05) is 41.6 Å². The zero-order valence-corrected chi connectivity index (χ0v) is 17.8. The van der Waals surface area contributed by atoms with E-state index in [9.17, 15) is 9.65 Å². The van der Waals surface area contributed by atoms with Gasteiger partial charge >= 0.3 is 0 Å². The number of hydrogen-bond acceptors (Lipinski definition) is 5. The van der Waals surface area contributed by atoms with E-state index in [0.717, 1.165) is 16.6 Å². The fraction of sp³-hybridized carbons (Fsp3) is 0.115. The van der Waals surface area contributed by atoms with Gasteiger partial charge < -0.3 is 15.8 Å². The van der Waals surface area contributed by atoms with Crippen molar-refractivity contribution in [2.45, 2.75) is 6.42 Å². The molecule has 6 nitrogen and oxygen atoms in total. The number of benzene rings is 2. The Labute approximate surface area is 190 Å². The van der Waals surface area contributed by atoms with Crippen molar-refractivity contribution in [3.8, 4) is 17.3 Å². The third-order valence-electron chi connectivity index (χ3n) is 5.24. The molecule has 7 heteroatoms. The van der Waals surface area contributed by atoms with E-state index in [-0.39, 0.29) is 18.9 Å². The molecule has 0 aliphatic rings. The van der Waals surface area contributed by atoms with E-state index in [4.69, 9.17) is 10.8 Å². The van der Waals surface area contributed by atoms with Crippen molar-refractivity contribution in [1.29, 1.82) is 5.26 Å². The molecule has 4 rings (SSSR count). The minimum absolute atomic E-state index is 0.0378. The van der Waals surface area contributed by atoms with Crippen LogP contribution in [-0.2, 0) is 0 Å². The first kappa shape index (κ1) is 21.9. The number of fused-ring (bicyclic) bond motifs is 1. The Morgan fingerprint density at radius 3 is 2.58 bits per heavy atom. The number of aromatic nitrogens is 2. The highest BCUT2D eigenvalue weighted by Crippen LogP contribution is 2.31. The van der Waals surface area contributed by atoms with Crippen LogP contribution >= 0.6 is 0 Å². The van der Waals surface area contributed by atoms with E-state index in [2.05, 4.69) is 21.0 Å². The van der Waals surface area contributed by atoms with Crippen LogP contribution in [0.25, 0.3) is 33.6 Å². The van der Waals surface area contributed by atoms with Crippen LogP contribution < -0.4 is 5.73 Å². The van der Waals surface area contributed by atoms with Gasteiger partial charge in [0.1, 0.15) is 23.2 Å². The Hall–Kier alpha value is -4.28. The summed E-state index contributed by atoms with van der Waals surface area (Å²) in [6.07, 6.45) is 2.06. The van der Waals surface area contributed by atoms with Crippen LogP contribution in [0.15, 0.2) is 77.9 Å². The quantitative estimate of drug-likeness (QED) is 0.290. The molecule has 2 aromatic heterocycles. The maximum absolute atomic E-state index is 13.6. The number of halogens is 1. The zero-order valence-electron chi connectivity index (χ0n) is 17.8. The van der Waals surface area contributed by atoms with Crippen molar-refractivity contribution in [3.63, 3.8) is 0 Å². The van der Waals surface area contributed by atoms with E-state index >= 15 is 0 Å². The summed E-state index contributed by atoms with van der Waals surface area (Å²) in [5.41, 5.74) is 11.3. The molecule has 2 heterocycles. The first-order valence-electron chi connectivity index (χ1n) is 10.5. The van der Waals surface area contributed by atoms with Gasteiger partial charge in [0.05, 0.1) is 5.70 Å². The number of aliphatic hydroxyl groups excluding tert-OH is 1. The Balaban J connectivity index is 1.92. The summed E-state index contributed by atoms with van der Waals surface area (Å²) in [6, 6.07) is 21.5. The second-order valence-corrected chi connectivity index (χ2v) is 7.38. The average Bonchev–Trinajstić information content (AvgIpc) is 3.29. The lowest BCUT2D eigenvalue weighted by molar-refractivity contribution is 0.291. The summed E-state index contributed by atoms with van der Waals surface area (Å²) in [5, 5.41) is 19.7. The summed E-state index contributed by atoms with van der Waals surface area (Å²) in [4.78, 5) is 12.1. The van der Waals surface area contributed by atoms with Gasteiger partial charge in [-0.05, 0) is 41.8 Å². The van der Waals surface area contributed by atoms with Gasteiger partial charge in [-0.25, -0.2) is 9.37 Å². The van der Waals surface area contributed by atoms with Crippen LogP contribution in [0.2, 0.25) is 0 Å². The fourth-order valence-electron chi connectivity index (χ4n) is 3.64. The SMILES string of the molecule is N#CC(=NCCCO)/C(=C(\N)c1ccnc2[nH]c(-c3ccccc3)cc12)c1ccc(F)cc1. The third-order valence-corrected chi connectivity index (χ3v) is 5.24. The number of aromatic amines is 1. The molecule has 0 saturated heterocycles. The van der Waals surface area contributed by atoms with Gasteiger partial charge in [0.25, 0.3) is 0 Å². The molecule has 0 radical (unpaired) electrons. The van der Waals surface area contributed by atoms with E-state index in [1.807, 2.05) is 36.4 Å². The van der Waals surface area contributed by atoms with Crippen LogP contribution in [0.5, 0.6) is 0 Å². The molecule has 33 heavy (non-hydrogen) atoms. The third kappa shape index (κ3) is 4.66. The largest absolute Gasteiger partial charge is 0.398 e. The Kier molecular flexibility index (Phi) is 6.58. The maximum Gasteiger partial charge on any atom is 0.145 e. The first-order valence-corrected chi connectivity index (χ1v) is 10.5. The van der Waals surface area contributed by atoms with Crippen LogP contribution in [0.4, 0.5) is 4.39 Å². The number of aliphatic hydroxyl groups is 1. The molecular weight excluding hydrogens is 417 g/mol. The first-order chi connectivity index (χ1) is 16.1. The highest BCUT2D eigenvalue weighted by Gasteiger charge is 2.18. The maximum atomic E-state index is 13.6. The monoisotopic (exact) mass is 439 g/mol. The molecule has 0 fully saturated rings. The second-order valence-electron chi connectivity index (χ2n) is 7.38. The molecule has 2 aromatic carbocycles. The number of nitrogens with two attached hydrogens (primary N) is 1. The van der Waals surface area contributed by atoms with Gasteiger partial charge in [-0.3, -0.25) is 4.99 Å². The molecule has 4 N–H and O–H groups in total. The minimum Gasteiger partial charge on any atom is -0.398 e. The van der Waals surface area contributed by atoms with E-state index in [1.165, 1.54) is 12.1 Å². The summed E-state index contributed by atoms with van der Waals surface area (Å²) in [5.74, 6) is -0.392. The molecule has 164 valence electrons. The fourth-order valence-corrected chi connectivity index (χ4v) is 3.64. The van der Waals surface area contributed by atoms with Crippen LogP contribution in [0, 0.1) is 17.1 Å². The second kappa shape index (κ2) is 9.90. The van der Waals surface area contributed by atoms with Crippen LogP contribution in [0.3, 0.4) is 0 Å². The van der Waals surface area contributed by atoms with Gasteiger partial charge in [-0.1, -0.05) is 42.5 Å². The van der Waals surface area contributed by atoms with Crippen molar-refractivity contribution >= 4 is 28.0 Å². The van der Waals surface area contributed by atoms with Gasteiger partial charge in [0.15, 0.2) is 0 Å². The van der Waals surface area contributed by atoms with E-state index < -0.39 is 5.82 Å². The van der Waals surface area contributed by atoms with E-state index in [1.54, 1.807) is 24.4 Å². The number of hydrogen-bond donors (Lipinski definition) is 3. The molecule has 0 bridgehead atoms. The van der Waals surface area contributed by atoms with E-state index in [0.29, 0.717) is 34.5 Å². The van der Waals surface area contributed by atoms with Crippen molar-refractivity contribution in [2.75, 3.05) is 13.2 Å². The summed E-state index contributed by atoms with van der Waals surface area (Å²) in [7, 11) is 0. The van der Waals surface area contributed by atoms with Crippen molar-refractivity contribution in [3.05, 3.63) is 89.9 Å². The zero-order chi connectivity index (χ0) is 23.2. The number of aliphatic imine (C=N–C) groups is 1. The predicted octanol–water partition coefficient (Wildman–Crippen LogP) is 4.54. The summed E-state index contributed by atoms with van der Waals surface area (Å²) in [6.45, 7) is 0.231. The normalized spacial score (nSPS) is 12.5. The molecular formula is C26H22FN5O. The number of rotatable bonds is 7. The van der Waals surface area contributed by atoms with Crippen LogP contribution in [-0.4, -0.2) is 33.9 Å². The average molecular weight is 439 g/mol. The van der Waals surface area contributed by atoms with Gasteiger partial charge in [0.2, 0.25) is 0 Å². The van der Waals surface area contributed by atoms with Gasteiger partial charge in [-0.15, -0.1) is 0 Å². The molecule has 0 aliphatic carbocycles. The van der Waals surface area contributed by atoms with Gasteiger partial charge in [-0.2, -0.15) is 5.26 Å². The molecule has 0 saturated carbocycles. The Morgan fingerprint density at radius 1 is 1.12 bits per heavy atom. The smallest absolute Gasteiger partial charge is 0.145 e. The summed E-state index contributed by atoms with van der Waals surface area (Å²) < 4.78 is 13.6. The number of nitrogens with one attached hydrogen (secondary N) is 1. The standard InChI is InChI=1S/C26H22FN5O/c27-19-9-7-18(8-10-19)24(23(16-28)30-12-4-14-33)25(29)20-11-13-31-26-21(20)15-22(32-26)17-5-2-1-3-6-17/h1-3,5-11,13,15,33H,4,12,14,29H2,(H,31,32)/b25-24-,30-23?. The lowest BCUT2D eigenvalue weighted by Gasteiger charge is -2.13. The lowest BCUT2D eigenvalue weighted by Crippen LogP contribution is -2.10. The molecule has 0 unspecified atom stereocenters. The number of nitrogens with zero attached hydrogens (tertiary/aromatic N) is 3. The number of allylic oxidation sites excluding steroid dienone is 1. The molecule has 4 aromatic rings. The van der Waals surface area contributed by atoms with Crippen molar-refractivity contribution in [2.24, 2.45) is 10.7 Å². The topological polar surface area (TPSA) is 111 Å². The predicted molar refractivity (Wildman–Crippen MR) is 129 cm³/mol. The molecule has 0 amide bonds. The number of nitriles is 1. The Bertz CT molecular complexity index is 1370.